The van der Waals surface area contributed by atoms with Gasteiger partial charge in [0, 0.05) is 38.9 Å². The zero-order chi connectivity index (χ0) is 26.3. The van der Waals surface area contributed by atoms with Gasteiger partial charge >= 0.3 is 5.97 Å². The minimum Gasteiger partial charge on any atom is -0.487 e. The van der Waals surface area contributed by atoms with Crippen LogP contribution < -0.4 is 10.1 Å². The predicted molar refractivity (Wildman–Crippen MR) is 161 cm³/mol. The molecule has 2 aliphatic rings. The summed E-state index contributed by atoms with van der Waals surface area (Å²) in [5.74, 6) is -0.361. The van der Waals surface area contributed by atoms with Crippen molar-refractivity contribution in [1.29, 1.82) is 0 Å². The molecule has 0 fully saturated rings. The van der Waals surface area contributed by atoms with Gasteiger partial charge < -0.3 is 14.8 Å². The normalized spacial score (nSPS) is 16.4. The third kappa shape index (κ3) is 4.81. The standard InChI is InChI=1S/C29H22ClI2NO4/c1-3-36-29(35)23-15(2)33-26-18-9-5-6-10-19(18)27(34)25(26)24(23)17-12-21(31)28(22(32)13-17)37-14-16-8-4-7-11-20(16)30/h4-13,24,33H,3,14H2,1-2H3/t24-/m1/s1. The first-order valence-corrected chi connectivity index (χ1v) is 14.2. The van der Waals surface area contributed by atoms with Crippen LogP contribution in [0.2, 0.25) is 5.02 Å². The summed E-state index contributed by atoms with van der Waals surface area (Å²) >= 11 is 10.8. The van der Waals surface area contributed by atoms with Crippen molar-refractivity contribution in [3.8, 4) is 5.75 Å². The van der Waals surface area contributed by atoms with Crippen LogP contribution in [0.3, 0.4) is 0 Å². The molecule has 5 rings (SSSR count). The minimum atomic E-state index is -0.574. The Morgan fingerprint density at radius 2 is 1.68 bits per heavy atom. The largest absolute Gasteiger partial charge is 0.487 e. The SMILES string of the molecule is CCOC(=O)C1=C(C)NC2=C(C(=O)c3ccccc32)[C@@H]1c1cc(I)c(OCc2ccccc2Cl)c(I)c1. The molecule has 0 saturated carbocycles. The summed E-state index contributed by atoms with van der Waals surface area (Å²) in [4.78, 5) is 26.9. The third-order valence-electron chi connectivity index (χ3n) is 6.43. The molecule has 1 atom stereocenters. The van der Waals surface area contributed by atoms with Crippen LogP contribution in [0.25, 0.3) is 5.70 Å². The number of nitrogens with one attached hydrogen (secondary N) is 1. The van der Waals surface area contributed by atoms with Crippen molar-refractivity contribution in [2.45, 2.75) is 26.4 Å². The molecule has 5 nitrogen and oxygen atoms in total. The molecule has 188 valence electrons. The Morgan fingerprint density at radius 1 is 1.03 bits per heavy atom. The highest BCUT2D eigenvalue weighted by Gasteiger charge is 2.43. The minimum absolute atomic E-state index is 0.0820. The molecular weight excluding hydrogens is 716 g/mol. The maximum Gasteiger partial charge on any atom is 0.336 e. The lowest BCUT2D eigenvalue weighted by Gasteiger charge is -2.29. The fourth-order valence-electron chi connectivity index (χ4n) is 4.79. The van der Waals surface area contributed by atoms with Gasteiger partial charge in [-0.2, -0.15) is 0 Å². The van der Waals surface area contributed by atoms with Crippen LogP contribution in [0.4, 0.5) is 0 Å². The highest BCUT2D eigenvalue weighted by Crippen LogP contribution is 2.48. The first kappa shape index (κ1) is 26.2. The number of dihydropyridines is 1. The lowest BCUT2D eigenvalue weighted by Crippen LogP contribution is -2.29. The Morgan fingerprint density at radius 3 is 2.35 bits per heavy atom. The first-order valence-electron chi connectivity index (χ1n) is 11.7. The number of rotatable bonds is 6. The van der Waals surface area contributed by atoms with Crippen LogP contribution in [-0.4, -0.2) is 18.4 Å². The van der Waals surface area contributed by atoms with E-state index in [1.807, 2.05) is 67.6 Å². The van der Waals surface area contributed by atoms with Crippen molar-refractivity contribution < 1.29 is 19.1 Å². The molecule has 0 spiro atoms. The van der Waals surface area contributed by atoms with E-state index in [-0.39, 0.29) is 12.4 Å². The number of hydrogen-bond donors (Lipinski definition) is 1. The number of fused-ring (bicyclic) bond motifs is 2. The molecule has 3 aromatic carbocycles. The molecule has 3 aromatic rings. The van der Waals surface area contributed by atoms with Gasteiger partial charge in [0.2, 0.25) is 0 Å². The van der Waals surface area contributed by atoms with Crippen molar-refractivity contribution in [2.24, 2.45) is 0 Å². The van der Waals surface area contributed by atoms with Crippen molar-refractivity contribution in [3.05, 3.63) is 112 Å². The zero-order valence-electron chi connectivity index (χ0n) is 20.0. The molecule has 0 unspecified atom stereocenters. The van der Waals surface area contributed by atoms with Gasteiger partial charge in [0.25, 0.3) is 0 Å². The van der Waals surface area contributed by atoms with E-state index in [2.05, 4.69) is 50.5 Å². The van der Waals surface area contributed by atoms with E-state index in [9.17, 15) is 9.59 Å². The van der Waals surface area contributed by atoms with Crippen LogP contribution in [0, 0.1) is 7.14 Å². The third-order valence-corrected chi connectivity index (χ3v) is 8.40. The van der Waals surface area contributed by atoms with Gasteiger partial charge in [-0.1, -0.05) is 54.1 Å². The Hall–Kier alpha value is -2.37. The summed E-state index contributed by atoms with van der Waals surface area (Å²) in [6, 6.07) is 19.1. The maximum absolute atomic E-state index is 13.7. The van der Waals surface area contributed by atoms with Gasteiger partial charge in [0.05, 0.1) is 25.0 Å². The molecule has 1 N–H and O–H groups in total. The lowest BCUT2D eigenvalue weighted by molar-refractivity contribution is -0.138. The van der Waals surface area contributed by atoms with Crippen LogP contribution in [0.5, 0.6) is 5.75 Å². The number of Topliss-reactive ketones (excluding diaryl/α,β-unsaturated/α-hetero) is 1. The second-order valence-corrected chi connectivity index (χ2v) is 11.4. The predicted octanol–water partition coefficient (Wildman–Crippen LogP) is 7.26. The summed E-state index contributed by atoms with van der Waals surface area (Å²) in [7, 11) is 0. The molecule has 1 aliphatic carbocycles. The highest BCUT2D eigenvalue weighted by atomic mass is 127. The van der Waals surface area contributed by atoms with Gasteiger partial charge in [-0.05, 0) is 82.8 Å². The van der Waals surface area contributed by atoms with Crippen molar-refractivity contribution in [3.63, 3.8) is 0 Å². The van der Waals surface area contributed by atoms with Gasteiger partial charge in [0.1, 0.15) is 12.4 Å². The van der Waals surface area contributed by atoms with E-state index >= 15 is 0 Å². The molecule has 0 amide bonds. The van der Waals surface area contributed by atoms with Gasteiger partial charge in [-0.3, -0.25) is 4.79 Å². The van der Waals surface area contributed by atoms with Gasteiger partial charge in [-0.15, -0.1) is 0 Å². The Kier molecular flexibility index (Phi) is 7.65. The van der Waals surface area contributed by atoms with Crippen molar-refractivity contribution in [1.82, 2.24) is 5.32 Å². The van der Waals surface area contributed by atoms with Crippen LogP contribution in [0.15, 0.2) is 77.5 Å². The molecule has 0 bridgehead atoms. The summed E-state index contributed by atoms with van der Waals surface area (Å²) in [6.45, 7) is 4.20. The van der Waals surface area contributed by atoms with Crippen LogP contribution >= 0.6 is 56.8 Å². The van der Waals surface area contributed by atoms with E-state index < -0.39 is 11.9 Å². The number of allylic oxidation sites excluding steroid dienone is 2. The second kappa shape index (κ2) is 10.8. The molecule has 0 aromatic heterocycles. The fourth-order valence-corrected chi connectivity index (χ4v) is 7.11. The average Bonchev–Trinajstić information content (AvgIpc) is 3.15. The van der Waals surface area contributed by atoms with Crippen LogP contribution in [-0.2, 0) is 16.1 Å². The van der Waals surface area contributed by atoms with E-state index in [4.69, 9.17) is 21.1 Å². The monoisotopic (exact) mass is 737 g/mol. The number of hydrogen-bond acceptors (Lipinski definition) is 5. The summed E-state index contributed by atoms with van der Waals surface area (Å²) in [5, 5.41) is 3.99. The lowest BCUT2D eigenvalue weighted by atomic mass is 9.80. The molecule has 37 heavy (non-hydrogen) atoms. The first-order chi connectivity index (χ1) is 17.8. The average molecular weight is 738 g/mol. The molecule has 1 aliphatic heterocycles. The van der Waals surface area contributed by atoms with Gasteiger partial charge in [0.15, 0.2) is 5.78 Å². The fraction of sp³-hybridized carbons (Fsp3) is 0.172. The number of carbonyl (C=O) groups is 2. The van der Waals surface area contributed by atoms with E-state index in [0.717, 1.165) is 35.3 Å². The number of benzene rings is 3. The van der Waals surface area contributed by atoms with E-state index in [0.29, 0.717) is 34.0 Å². The second-order valence-electron chi connectivity index (χ2n) is 8.67. The molecule has 0 radical (unpaired) electrons. The maximum atomic E-state index is 13.7. The van der Waals surface area contributed by atoms with Crippen molar-refractivity contribution >= 4 is 74.2 Å². The number of carbonyl (C=O) groups excluding carboxylic acids is 2. The smallest absolute Gasteiger partial charge is 0.336 e. The molecule has 0 saturated heterocycles. The summed E-state index contributed by atoms with van der Waals surface area (Å²) in [6.07, 6.45) is 0. The molecule has 8 heteroatoms. The zero-order valence-corrected chi connectivity index (χ0v) is 25.1. The summed E-state index contributed by atoms with van der Waals surface area (Å²) in [5.41, 5.74) is 5.63. The van der Waals surface area contributed by atoms with Crippen LogP contribution in [0.1, 0.15) is 46.8 Å². The number of ketones is 1. The highest BCUT2D eigenvalue weighted by molar-refractivity contribution is 14.1. The number of ether oxygens (including phenoxy) is 2. The van der Waals surface area contributed by atoms with Gasteiger partial charge in [-0.25, -0.2) is 4.79 Å². The molecule has 1 heterocycles. The number of halogens is 3. The van der Waals surface area contributed by atoms with E-state index in [1.54, 1.807) is 6.92 Å². The number of esters is 1. The summed E-state index contributed by atoms with van der Waals surface area (Å²) < 4.78 is 13.4. The quantitative estimate of drug-likeness (QED) is 0.213. The van der Waals surface area contributed by atoms with Crippen molar-refractivity contribution in [2.75, 3.05) is 6.61 Å². The van der Waals surface area contributed by atoms with E-state index in [1.165, 1.54) is 0 Å². The Bertz CT molecular complexity index is 1490. The topological polar surface area (TPSA) is 64.6 Å². The Balaban J connectivity index is 1.59. The molecular formula is C29H22ClI2NO4. The Labute approximate surface area is 247 Å².